The van der Waals surface area contributed by atoms with Gasteiger partial charge in [-0.25, -0.2) is 14.4 Å². The van der Waals surface area contributed by atoms with Gasteiger partial charge in [-0.2, -0.15) is 0 Å². The Hall–Kier alpha value is -1.89. The smallest absolute Gasteiger partial charge is 0.336 e. The van der Waals surface area contributed by atoms with Crippen molar-refractivity contribution in [3.8, 4) is 0 Å². The topological polar surface area (TPSA) is 112 Å². The Bertz CT molecular complexity index is 458. The van der Waals surface area contributed by atoms with Crippen LogP contribution < -0.4 is 0 Å². The van der Waals surface area contributed by atoms with E-state index in [9.17, 15) is 14.4 Å². The molecule has 0 aliphatic heterocycles. The van der Waals surface area contributed by atoms with Crippen LogP contribution in [0.25, 0.3) is 0 Å². The summed E-state index contributed by atoms with van der Waals surface area (Å²) in [5, 5.41) is 26.2. The Balaban J connectivity index is 3.57. The Labute approximate surface area is 97.3 Å². The van der Waals surface area contributed by atoms with E-state index >= 15 is 0 Å². The van der Waals surface area contributed by atoms with Gasteiger partial charge in [0.05, 0.1) is 16.7 Å². The van der Waals surface area contributed by atoms with Gasteiger partial charge in [-0.1, -0.05) is 0 Å². The van der Waals surface area contributed by atoms with Gasteiger partial charge < -0.3 is 15.3 Å². The Kier molecular flexibility index (Phi) is 3.28. The first-order valence-electron chi connectivity index (χ1n) is 3.88. The standard InChI is InChI=1S/C9H5BrO6/c10-6-4(8(13)14)1-3(7(11)12)2-5(6)9(15)16/h1-2H,(H,11,12)(H,13,14)(H,15,16). The average molecular weight is 289 g/mol. The van der Waals surface area contributed by atoms with Gasteiger partial charge in [-0.05, 0) is 28.1 Å². The van der Waals surface area contributed by atoms with E-state index in [1.165, 1.54) is 0 Å². The molecule has 0 aliphatic carbocycles. The number of hydrogen-bond acceptors (Lipinski definition) is 3. The summed E-state index contributed by atoms with van der Waals surface area (Å²) in [7, 11) is 0. The molecule has 1 aromatic carbocycles. The number of aromatic carboxylic acids is 3. The molecule has 0 amide bonds. The van der Waals surface area contributed by atoms with Crippen LogP contribution in [0.1, 0.15) is 31.1 Å². The van der Waals surface area contributed by atoms with Gasteiger partial charge in [0.2, 0.25) is 0 Å². The summed E-state index contributed by atoms with van der Waals surface area (Å²) >= 11 is 2.81. The van der Waals surface area contributed by atoms with Crippen molar-refractivity contribution in [1.82, 2.24) is 0 Å². The number of halogens is 1. The van der Waals surface area contributed by atoms with Crippen LogP contribution in [0, 0.1) is 0 Å². The third-order valence-corrected chi connectivity index (χ3v) is 2.63. The zero-order chi connectivity index (χ0) is 12.5. The van der Waals surface area contributed by atoms with Crippen LogP contribution in [0.2, 0.25) is 0 Å². The minimum atomic E-state index is -1.41. The van der Waals surface area contributed by atoms with E-state index in [0.717, 1.165) is 12.1 Å². The molecule has 0 saturated heterocycles. The summed E-state index contributed by atoms with van der Waals surface area (Å²) in [4.78, 5) is 32.2. The first-order chi connectivity index (χ1) is 7.34. The number of hydrogen-bond donors (Lipinski definition) is 3. The summed E-state index contributed by atoms with van der Waals surface area (Å²) in [5.74, 6) is -4.20. The molecule has 1 rings (SSSR count). The molecule has 6 nitrogen and oxygen atoms in total. The Morgan fingerprint density at radius 2 is 1.25 bits per heavy atom. The van der Waals surface area contributed by atoms with E-state index in [1.54, 1.807) is 0 Å². The molecule has 0 atom stereocenters. The highest BCUT2D eigenvalue weighted by atomic mass is 79.9. The van der Waals surface area contributed by atoms with Crippen molar-refractivity contribution < 1.29 is 29.7 Å². The zero-order valence-electron chi connectivity index (χ0n) is 7.60. The van der Waals surface area contributed by atoms with E-state index in [1.807, 2.05) is 0 Å². The molecule has 7 heteroatoms. The van der Waals surface area contributed by atoms with Gasteiger partial charge in [0.1, 0.15) is 0 Å². The maximum Gasteiger partial charge on any atom is 0.336 e. The van der Waals surface area contributed by atoms with Crippen LogP contribution in [-0.2, 0) is 0 Å². The monoisotopic (exact) mass is 288 g/mol. The lowest BCUT2D eigenvalue weighted by atomic mass is 10.1. The van der Waals surface area contributed by atoms with E-state index in [2.05, 4.69) is 15.9 Å². The number of carboxylic acid groups (broad SMARTS) is 3. The first-order valence-corrected chi connectivity index (χ1v) is 4.67. The molecule has 0 bridgehead atoms. The molecule has 0 heterocycles. The Morgan fingerprint density at radius 1 is 0.875 bits per heavy atom. The van der Waals surface area contributed by atoms with Crippen LogP contribution in [0.15, 0.2) is 16.6 Å². The van der Waals surface area contributed by atoms with E-state index < -0.39 is 34.6 Å². The normalized spacial score (nSPS) is 9.81. The molecule has 0 aliphatic rings. The average Bonchev–Trinajstić information content (AvgIpc) is 2.16. The minimum absolute atomic E-state index is 0.155. The number of benzene rings is 1. The molecule has 16 heavy (non-hydrogen) atoms. The quantitative estimate of drug-likeness (QED) is 0.778. The van der Waals surface area contributed by atoms with Gasteiger partial charge in [0.25, 0.3) is 0 Å². The highest BCUT2D eigenvalue weighted by Gasteiger charge is 2.20. The lowest BCUT2D eigenvalue weighted by molar-refractivity contribution is 0.0695. The lowest BCUT2D eigenvalue weighted by Crippen LogP contribution is -2.09. The van der Waals surface area contributed by atoms with Crippen LogP contribution in [-0.4, -0.2) is 33.2 Å². The van der Waals surface area contributed by atoms with Gasteiger partial charge in [-0.3, -0.25) is 0 Å². The van der Waals surface area contributed by atoms with Gasteiger partial charge in [0, 0.05) is 4.47 Å². The van der Waals surface area contributed by atoms with Crippen molar-refractivity contribution in [3.63, 3.8) is 0 Å². The SMILES string of the molecule is O=C(O)c1cc(C(=O)O)c(Br)c(C(=O)O)c1. The highest BCUT2D eigenvalue weighted by Crippen LogP contribution is 2.24. The van der Waals surface area contributed by atoms with Crippen LogP contribution in [0.3, 0.4) is 0 Å². The summed E-state index contributed by atoms with van der Waals surface area (Å²) in [6.07, 6.45) is 0. The van der Waals surface area contributed by atoms with Crippen molar-refractivity contribution in [2.75, 3.05) is 0 Å². The summed E-state index contributed by atoms with van der Waals surface area (Å²) in [6, 6.07) is 1.78. The second kappa shape index (κ2) is 4.31. The third-order valence-electron chi connectivity index (χ3n) is 1.78. The Morgan fingerprint density at radius 3 is 1.50 bits per heavy atom. The molecule has 0 fully saturated rings. The van der Waals surface area contributed by atoms with Crippen molar-refractivity contribution >= 4 is 33.8 Å². The molecule has 0 saturated carbocycles. The summed E-state index contributed by atoms with van der Waals surface area (Å²) in [6.45, 7) is 0. The van der Waals surface area contributed by atoms with Crippen LogP contribution in [0.4, 0.5) is 0 Å². The van der Waals surface area contributed by atoms with Crippen LogP contribution >= 0.6 is 15.9 Å². The summed E-state index contributed by atoms with van der Waals surface area (Å²) < 4.78 is -0.155. The molecule has 0 unspecified atom stereocenters. The van der Waals surface area contributed by atoms with E-state index in [0.29, 0.717) is 0 Å². The maximum atomic E-state index is 10.8. The predicted molar refractivity (Wildman–Crippen MR) is 55.0 cm³/mol. The molecule has 0 spiro atoms. The largest absolute Gasteiger partial charge is 0.478 e. The fourth-order valence-corrected chi connectivity index (χ4v) is 1.63. The van der Waals surface area contributed by atoms with Crippen molar-refractivity contribution in [1.29, 1.82) is 0 Å². The van der Waals surface area contributed by atoms with Gasteiger partial charge in [-0.15, -0.1) is 0 Å². The zero-order valence-corrected chi connectivity index (χ0v) is 9.19. The molecule has 0 aromatic heterocycles. The van der Waals surface area contributed by atoms with Crippen molar-refractivity contribution in [3.05, 3.63) is 33.3 Å². The predicted octanol–water partition coefficient (Wildman–Crippen LogP) is 1.54. The van der Waals surface area contributed by atoms with E-state index in [4.69, 9.17) is 15.3 Å². The second-order valence-electron chi connectivity index (χ2n) is 2.80. The molecule has 1 aromatic rings. The number of carbonyl (C=O) groups is 3. The van der Waals surface area contributed by atoms with Crippen molar-refractivity contribution in [2.45, 2.75) is 0 Å². The lowest BCUT2D eigenvalue weighted by Gasteiger charge is -2.05. The fraction of sp³-hybridized carbons (Fsp3) is 0. The highest BCUT2D eigenvalue weighted by molar-refractivity contribution is 9.10. The third kappa shape index (κ3) is 2.19. The van der Waals surface area contributed by atoms with Crippen molar-refractivity contribution in [2.24, 2.45) is 0 Å². The fourth-order valence-electron chi connectivity index (χ4n) is 1.06. The van der Waals surface area contributed by atoms with Gasteiger partial charge in [0.15, 0.2) is 0 Å². The van der Waals surface area contributed by atoms with Gasteiger partial charge >= 0.3 is 17.9 Å². The number of rotatable bonds is 3. The van der Waals surface area contributed by atoms with Crippen LogP contribution in [0.5, 0.6) is 0 Å². The molecule has 0 radical (unpaired) electrons. The van der Waals surface area contributed by atoms with E-state index in [-0.39, 0.29) is 4.47 Å². The number of carboxylic acids is 3. The first kappa shape index (κ1) is 12.2. The summed E-state index contributed by atoms with van der Waals surface area (Å²) in [5.41, 5.74) is -1.20. The molecule has 84 valence electrons. The minimum Gasteiger partial charge on any atom is -0.478 e. The molecule has 3 N–H and O–H groups in total. The molecular weight excluding hydrogens is 284 g/mol. The second-order valence-corrected chi connectivity index (χ2v) is 3.59. The maximum absolute atomic E-state index is 10.8. The molecular formula is C9H5BrO6.